The molecular weight excluding hydrogens is 384 g/mol. The number of nitrogens with one attached hydrogen (secondary N) is 1. The number of hydrogen-bond acceptors (Lipinski definition) is 6. The third-order valence-corrected chi connectivity index (χ3v) is 6.27. The van der Waals surface area contributed by atoms with Crippen LogP contribution < -0.4 is 14.8 Å². The summed E-state index contributed by atoms with van der Waals surface area (Å²) in [4.78, 5) is 4.99. The van der Waals surface area contributed by atoms with Crippen LogP contribution in [0.4, 0.5) is 0 Å². The molecule has 0 aliphatic carbocycles. The molecule has 2 heterocycles. The van der Waals surface area contributed by atoms with E-state index in [9.17, 15) is 5.11 Å². The molecule has 0 saturated carbocycles. The highest BCUT2D eigenvalue weighted by Crippen LogP contribution is 2.50. The van der Waals surface area contributed by atoms with Gasteiger partial charge >= 0.3 is 0 Å². The van der Waals surface area contributed by atoms with Crippen LogP contribution in [-0.2, 0) is 0 Å². The fraction of sp³-hybridized carbons (Fsp3) is 0.435. The van der Waals surface area contributed by atoms with Crippen molar-refractivity contribution < 1.29 is 14.6 Å². The first-order chi connectivity index (χ1) is 13.7. The number of aliphatic imine (C=N–C) groups is 1. The van der Waals surface area contributed by atoms with Gasteiger partial charge in [0.15, 0.2) is 5.17 Å². The van der Waals surface area contributed by atoms with E-state index in [1.54, 1.807) is 31.0 Å². The second kappa shape index (κ2) is 7.17. The van der Waals surface area contributed by atoms with Crippen LogP contribution in [0.25, 0.3) is 0 Å². The summed E-state index contributed by atoms with van der Waals surface area (Å²) in [5.41, 5.74) is 2.52. The van der Waals surface area contributed by atoms with Gasteiger partial charge in [0.1, 0.15) is 17.2 Å². The molecule has 2 aliphatic rings. The third kappa shape index (κ3) is 3.78. The van der Waals surface area contributed by atoms with Gasteiger partial charge in [0.25, 0.3) is 0 Å². The van der Waals surface area contributed by atoms with E-state index in [0.29, 0.717) is 0 Å². The maximum absolute atomic E-state index is 10.2. The molecule has 0 radical (unpaired) electrons. The number of ether oxygens (including phenoxy) is 2. The van der Waals surface area contributed by atoms with Gasteiger partial charge in [-0.25, -0.2) is 4.99 Å². The lowest BCUT2D eigenvalue weighted by Crippen LogP contribution is -2.56. The lowest BCUT2D eigenvalue weighted by Gasteiger charge is -2.47. The maximum atomic E-state index is 10.2. The van der Waals surface area contributed by atoms with Crippen LogP contribution in [-0.4, -0.2) is 34.9 Å². The standard InChI is InChI=1S/C23H28N2O3S/c1-14-10-16(26)11-19-20(14)18(15-6-8-17(27-4)9-7-15)12-23(28-19)13-22(2,3)24-21(25-23)29-5/h6-11,18,26H,12-13H2,1-5H3,(H,24,25)/t18-,23-/m0/s1. The molecule has 2 N–H and O–H groups in total. The summed E-state index contributed by atoms with van der Waals surface area (Å²) in [7, 11) is 1.68. The van der Waals surface area contributed by atoms with E-state index >= 15 is 0 Å². The van der Waals surface area contributed by atoms with E-state index in [2.05, 4.69) is 31.3 Å². The number of benzene rings is 2. The molecule has 5 nitrogen and oxygen atoms in total. The Bertz CT molecular complexity index is 955. The number of hydrogen-bond donors (Lipinski definition) is 2. The van der Waals surface area contributed by atoms with Crippen molar-refractivity contribution in [2.45, 2.75) is 50.8 Å². The van der Waals surface area contributed by atoms with Crippen molar-refractivity contribution in [3.63, 3.8) is 0 Å². The van der Waals surface area contributed by atoms with E-state index in [1.165, 1.54) is 5.56 Å². The Morgan fingerprint density at radius 2 is 1.97 bits per heavy atom. The number of rotatable bonds is 2. The van der Waals surface area contributed by atoms with Gasteiger partial charge in [0.05, 0.1) is 7.11 Å². The number of aryl methyl sites for hydroxylation is 1. The molecule has 0 fully saturated rings. The van der Waals surface area contributed by atoms with Gasteiger partial charge in [0.2, 0.25) is 5.72 Å². The fourth-order valence-electron chi connectivity index (χ4n) is 4.62. The maximum Gasteiger partial charge on any atom is 0.206 e. The van der Waals surface area contributed by atoms with Crippen LogP contribution in [0.3, 0.4) is 0 Å². The lowest BCUT2D eigenvalue weighted by molar-refractivity contribution is 0.0132. The minimum Gasteiger partial charge on any atom is -0.508 e. The van der Waals surface area contributed by atoms with E-state index in [0.717, 1.165) is 40.6 Å². The Kier molecular flexibility index (Phi) is 4.93. The van der Waals surface area contributed by atoms with Crippen LogP contribution in [0.15, 0.2) is 41.4 Å². The van der Waals surface area contributed by atoms with Crippen LogP contribution >= 0.6 is 11.8 Å². The van der Waals surface area contributed by atoms with E-state index in [4.69, 9.17) is 14.5 Å². The molecule has 0 unspecified atom stereocenters. The molecule has 154 valence electrons. The van der Waals surface area contributed by atoms with Gasteiger partial charge in [-0.05, 0) is 56.4 Å². The number of methoxy groups -OCH3 is 1. The Labute approximate surface area is 176 Å². The lowest BCUT2D eigenvalue weighted by atomic mass is 9.76. The minimum atomic E-state index is -0.676. The smallest absolute Gasteiger partial charge is 0.206 e. The molecule has 0 aromatic heterocycles. The van der Waals surface area contributed by atoms with Crippen LogP contribution in [0.2, 0.25) is 0 Å². The molecule has 2 aliphatic heterocycles. The molecule has 0 bridgehead atoms. The van der Waals surface area contributed by atoms with Gasteiger partial charge in [0, 0.05) is 35.9 Å². The highest BCUT2D eigenvalue weighted by molar-refractivity contribution is 8.13. The Balaban J connectivity index is 1.86. The number of nitrogens with zero attached hydrogens (tertiary/aromatic N) is 1. The quantitative estimate of drug-likeness (QED) is 0.741. The Hall–Kier alpha value is -2.34. The topological polar surface area (TPSA) is 63.1 Å². The van der Waals surface area contributed by atoms with Crippen molar-refractivity contribution in [2.24, 2.45) is 4.99 Å². The Morgan fingerprint density at radius 1 is 1.24 bits per heavy atom. The van der Waals surface area contributed by atoms with Crippen molar-refractivity contribution in [1.82, 2.24) is 5.32 Å². The molecule has 6 heteroatoms. The molecule has 2 aromatic carbocycles. The largest absolute Gasteiger partial charge is 0.508 e. The van der Waals surface area contributed by atoms with E-state index in [-0.39, 0.29) is 17.2 Å². The molecule has 1 spiro atoms. The van der Waals surface area contributed by atoms with E-state index in [1.807, 2.05) is 25.3 Å². The number of thioether (sulfide) groups is 1. The minimum absolute atomic E-state index is 0.117. The number of phenolic OH excluding ortho intramolecular Hbond substituents is 1. The molecule has 2 aromatic rings. The Morgan fingerprint density at radius 3 is 2.62 bits per heavy atom. The highest BCUT2D eigenvalue weighted by atomic mass is 32.2. The predicted octanol–water partition coefficient (Wildman–Crippen LogP) is 4.81. The monoisotopic (exact) mass is 412 g/mol. The zero-order valence-electron chi connectivity index (χ0n) is 17.6. The first-order valence-corrected chi connectivity index (χ1v) is 11.1. The summed E-state index contributed by atoms with van der Waals surface area (Å²) >= 11 is 1.60. The van der Waals surface area contributed by atoms with Crippen molar-refractivity contribution in [1.29, 1.82) is 0 Å². The fourth-order valence-corrected chi connectivity index (χ4v) is 5.25. The number of amidine groups is 1. The molecular formula is C23H28N2O3S. The number of fused-ring (bicyclic) bond motifs is 1. The van der Waals surface area contributed by atoms with Crippen LogP contribution in [0, 0.1) is 6.92 Å². The second-order valence-corrected chi connectivity index (χ2v) is 9.35. The zero-order chi connectivity index (χ0) is 20.8. The van der Waals surface area contributed by atoms with Crippen molar-refractivity contribution >= 4 is 16.9 Å². The summed E-state index contributed by atoms with van der Waals surface area (Å²) in [6, 6.07) is 11.8. The normalized spacial score (nSPS) is 24.9. The first-order valence-electron chi connectivity index (χ1n) is 9.83. The summed E-state index contributed by atoms with van der Waals surface area (Å²) in [5.74, 6) is 1.89. The van der Waals surface area contributed by atoms with Gasteiger partial charge in [-0.1, -0.05) is 23.9 Å². The van der Waals surface area contributed by atoms with Crippen molar-refractivity contribution in [3.8, 4) is 17.2 Å². The third-order valence-electron chi connectivity index (χ3n) is 5.69. The molecule has 29 heavy (non-hydrogen) atoms. The second-order valence-electron chi connectivity index (χ2n) is 8.56. The van der Waals surface area contributed by atoms with Gasteiger partial charge in [-0.15, -0.1) is 0 Å². The number of phenols is 1. The van der Waals surface area contributed by atoms with Crippen LogP contribution in [0.1, 0.15) is 49.3 Å². The van der Waals surface area contributed by atoms with Crippen molar-refractivity contribution in [2.75, 3.05) is 13.4 Å². The van der Waals surface area contributed by atoms with E-state index < -0.39 is 5.72 Å². The van der Waals surface area contributed by atoms with Crippen molar-refractivity contribution in [3.05, 3.63) is 53.1 Å². The molecule has 2 atom stereocenters. The summed E-state index contributed by atoms with van der Waals surface area (Å²) in [6.07, 6.45) is 3.51. The predicted molar refractivity (Wildman–Crippen MR) is 118 cm³/mol. The van der Waals surface area contributed by atoms with Gasteiger partial charge in [-0.2, -0.15) is 0 Å². The van der Waals surface area contributed by atoms with Gasteiger partial charge < -0.3 is 19.9 Å². The molecule has 4 rings (SSSR count). The SMILES string of the molecule is COc1ccc([C@@H]2C[C@@]3(CC(C)(C)NC(SC)=N3)Oc3cc(O)cc(C)c32)cc1. The number of aromatic hydroxyl groups is 1. The summed E-state index contributed by atoms with van der Waals surface area (Å²) < 4.78 is 11.9. The first kappa shape index (κ1) is 20.0. The van der Waals surface area contributed by atoms with Gasteiger partial charge in [-0.3, -0.25) is 0 Å². The summed E-state index contributed by atoms with van der Waals surface area (Å²) in [6.45, 7) is 6.38. The average molecular weight is 413 g/mol. The average Bonchev–Trinajstić information content (AvgIpc) is 2.65. The molecule has 0 saturated heterocycles. The van der Waals surface area contributed by atoms with Crippen LogP contribution in [0.5, 0.6) is 17.2 Å². The molecule has 0 amide bonds. The zero-order valence-corrected chi connectivity index (χ0v) is 18.4. The highest BCUT2D eigenvalue weighted by Gasteiger charge is 2.48. The summed E-state index contributed by atoms with van der Waals surface area (Å²) in [5, 5.41) is 14.6.